The molecule has 2 heterocycles. The molecule has 0 spiro atoms. The van der Waals surface area contributed by atoms with Crippen LogP contribution in [0.1, 0.15) is 47.9 Å². The third-order valence-electron chi connectivity index (χ3n) is 5.29. The van der Waals surface area contributed by atoms with Gasteiger partial charge in [-0.15, -0.1) is 0 Å². The largest absolute Gasteiger partial charge is 0.389 e. The number of aryl methyl sites for hydroxylation is 1. The van der Waals surface area contributed by atoms with Crippen LogP contribution in [0, 0.1) is 6.92 Å². The Morgan fingerprint density at radius 2 is 1.93 bits per heavy atom. The fourth-order valence-corrected chi connectivity index (χ4v) is 3.95. The van der Waals surface area contributed by atoms with Gasteiger partial charge in [-0.2, -0.15) is 5.10 Å². The summed E-state index contributed by atoms with van der Waals surface area (Å²) in [5.74, 6) is 0. The first-order valence-corrected chi connectivity index (χ1v) is 9.66. The van der Waals surface area contributed by atoms with E-state index in [0.717, 1.165) is 23.2 Å². The Hall–Kier alpha value is -2.47. The minimum atomic E-state index is -0.836. The number of aromatic nitrogens is 2. The van der Waals surface area contributed by atoms with Crippen LogP contribution in [0.3, 0.4) is 0 Å². The molecule has 146 valence electrons. The van der Waals surface area contributed by atoms with Crippen LogP contribution < -0.4 is 0 Å². The summed E-state index contributed by atoms with van der Waals surface area (Å²) in [6.07, 6.45) is 3.86. The number of nitrogens with zero attached hydrogens (tertiary/aromatic N) is 3. The van der Waals surface area contributed by atoms with Gasteiger partial charge in [-0.05, 0) is 67.6 Å². The molecule has 28 heavy (non-hydrogen) atoms. The van der Waals surface area contributed by atoms with Crippen molar-refractivity contribution in [2.45, 2.75) is 45.6 Å². The van der Waals surface area contributed by atoms with Gasteiger partial charge in [0.1, 0.15) is 6.23 Å². The Morgan fingerprint density at radius 1 is 1.18 bits per heavy atom. The number of aliphatic hydroxyl groups excluding tert-OH is 1. The topological polar surface area (TPSA) is 61.5 Å². The highest BCUT2D eigenvalue weighted by Crippen LogP contribution is 2.35. The Labute approximate surface area is 165 Å². The fourth-order valence-electron chi connectivity index (χ4n) is 3.95. The lowest BCUT2D eigenvalue weighted by Crippen LogP contribution is -2.37. The minimum Gasteiger partial charge on any atom is -0.389 e. The van der Waals surface area contributed by atoms with Gasteiger partial charge in [0.2, 0.25) is 0 Å². The van der Waals surface area contributed by atoms with Crippen molar-refractivity contribution in [1.29, 1.82) is 0 Å². The van der Waals surface area contributed by atoms with Crippen LogP contribution in [0.4, 0.5) is 0 Å². The summed E-state index contributed by atoms with van der Waals surface area (Å²) >= 11 is 0. The average Bonchev–Trinajstić information content (AvgIpc) is 3.25. The SMILES string of the molecule is Cc1cc2c(cc1Cc1ccc(-n3cccn3)cc1)C(O)N(CC(C)(C)O)C2. The summed E-state index contributed by atoms with van der Waals surface area (Å²) < 4.78 is 1.85. The zero-order valence-corrected chi connectivity index (χ0v) is 16.6. The van der Waals surface area contributed by atoms with E-state index in [1.54, 1.807) is 20.0 Å². The summed E-state index contributed by atoms with van der Waals surface area (Å²) in [4.78, 5) is 1.92. The molecule has 0 saturated heterocycles. The highest BCUT2D eigenvalue weighted by Gasteiger charge is 2.32. The Kier molecular flexibility index (Phi) is 4.83. The van der Waals surface area contributed by atoms with Crippen LogP contribution in [0.2, 0.25) is 0 Å². The monoisotopic (exact) mass is 377 g/mol. The predicted octanol–water partition coefficient (Wildman–Crippen LogP) is 3.35. The van der Waals surface area contributed by atoms with Gasteiger partial charge >= 0.3 is 0 Å². The number of β-amino-alcohol motifs (C(OH)–C–C–N with tert-alkyl or cyclic N) is 1. The third-order valence-corrected chi connectivity index (χ3v) is 5.29. The van der Waals surface area contributed by atoms with E-state index in [9.17, 15) is 10.2 Å². The van der Waals surface area contributed by atoms with Gasteiger partial charge in [-0.3, -0.25) is 4.90 Å². The number of aliphatic hydroxyl groups is 2. The van der Waals surface area contributed by atoms with Gasteiger partial charge in [0, 0.05) is 31.0 Å². The lowest BCUT2D eigenvalue weighted by molar-refractivity contribution is -0.0431. The zero-order chi connectivity index (χ0) is 19.9. The Balaban J connectivity index is 1.54. The summed E-state index contributed by atoms with van der Waals surface area (Å²) in [6.45, 7) is 6.77. The highest BCUT2D eigenvalue weighted by atomic mass is 16.3. The first-order chi connectivity index (χ1) is 13.3. The lowest BCUT2D eigenvalue weighted by Gasteiger charge is -2.27. The van der Waals surface area contributed by atoms with E-state index in [0.29, 0.717) is 13.1 Å². The second-order valence-electron chi connectivity index (χ2n) is 8.36. The highest BCUT2D eigenvalue weighted by molar-refractivity contribution is 5.44. The van der Waals surface area contributed by atoms with Crippen molar-refractivity contribution in [1.82, 2.24) is 14.7 Å². The molecule has 2 aromatic carbocycles. The molecule has 5 heteroatoms. The van der Waals surface area contributed by atoms with Crippen molar-refractivity contribution in [3.63, 3.8) is 0 Å². The van der Waals surface area contributed by atoms with E-state index < -0.39 is 11.8 Å². The van der Waals surface area contributed by atoms with E-state index in [2.05, 4.69) is 48.4 Å². The lowest BCUT2D eigenvalue weighted by atomic mass is 9.95. The molecule has 0 amide bonds. The van der Waals surface area contributed by atoms with Crippen LogP contribution in [0.15, 0.2) is 54.9 Å². The number of rotatable bonds is 5. The quantitative estimate of drug-likeness (QED) is 0.716. The van der Waals surface area contributed by atoms with Gasteiger partial charge in [-0.1, -0.05) is 24.3 Å². The van der Waals surface area contributed by atoms with Crippen LogP contribution in [-0.4, -0.2) is 37.0 Å². The molecular formula is C23H27N3O2. The molecule has 0 bridgehead atoms. The molecule has 0 aliphatic carbocycles. The normalized spacial score (nSPS) is 17.1. The van der Waals surface area contributed by atoms with Crippen LogP contribution >= 0.6 is 0 Å². The maximum absolute atomic E-state index is 10.7. The summed E-state index contributed by atoms with van der Waals surface area (Å²) in [7, 11) is 0. The molecule has 1 aliphatic heterocycles. The molecule has 1 aliphatic rings. The van der Waals surface area contributed by atoms with Gasteiger partial charge < -0.3 is 10.2 Å². The number of fused-ring (bicyclic) bond motifs is 1. The number of hydrogen-bond acceptors (Lipinski definition) is 4. The molecule has 1 unspecified atom stereocenters. The summed E-state index contributed by atoms with van der Waals surface area (Å²) in [5.41, 5.74) is 5.97. The van der Waals surface area contributed by atoms with E-state index in [1.807, 2.05) is 21.8 Å². The number of hydrogen-bond donors (Lipinski definition) is 2. The van der Waals surface area contributed by atoms with E-state index in [1.165, 1.54) is 16.7 Å². The smallest absolute Gasteiger partial charge is 0.134 e. The summed E-state index contributed by atoms with van der Waals surface area (Å²) in [6, 6.07) is 14.6. The van der Waals surface area contributed by atoms with Gasteiger partial charge in [-0.25, -0.2) is 4.68 Å². The van der Waals surface area contributed by atoms with E-state index in [4.69, 9.17) is 0 Å². The van der Waals surface area contributed by atoms with Crippen LogP contribution in [0.5, 0.6) is 0 Å². The Morgan fingerprint density at radius 3 is 2.57 bits per heavy atom. The molecular weight excluding hydrogens is 350 g/mol. The second-order valence-corrected chi connectivity index (χ2v) is 8.36. The predicted molar refractivity (Wildman–Crippen MR) is 109 cm³/mol. The zero-order valence-electron chi connectivity index (χ0n) is 16.6. The average molecular weight is 377 g/mol. The molecule has 1 atom stereocenters. The molecule has 2 N–H and O–H groups in total. The maximum Gasteiger partial charge on any atom is 0.134 e. The van der Waals surface area contributed by atoms with Gasteiger partial charge in [0.25, 0.3) is 0 Å². The van der Waals surface area contributed by atoms with Crippen molar-refractivity contribution in [3.05, 3.63) is 82.7 Å². The fraction of sp³-hybridized carbons (Fsp3) is 0.348. The number of benzene rings is 2. The van der Waals surface area contributed by atoms with Crippen molar-refractivity contribution < 1.29 is 10.2 Å². The molecule has 4 rings (SSSR count). The molecule has 3 aromatic rings. The molecule has 0 saturated carbocycles. The van der Waals surface area contributed by atoms with Gasteiger partial charge in [0.15, 0.2) is 0 Å². The maximum atomic E-state index is 10.7. The first kappa shape index (κ1) is 18.9. The second kappa shape index (κ2) is 7.17. The molecule has 0 fully saturated rings. The Bertz CT molecular complexity index is 957. The van der Waals surface area contributed by atoms with Crippen molar-refractivity contribution in [3.8, 4) is 5.69 Å². The van der Waals surface area contributed by atoms with E-state index >= 15 is 0 Å². The van der Waals surface area contributed by atoms with Crippen LogP contribution in [0.25, 0.3) is 5.69 Å². The van der Waals surface area contributed by atoms with Crippen molar-refractivity contribution in [2.75, 3.05) is 6.54 Å². The van der Waals surface area contributed by atoms with Gasteiger partial charge in [0.05, 0.1) is 11.3 Å². The molecule has 5 nitrogen and oxygen atoms in total. The first-order valence-electron chi connectivity index (χ1n) is 9.66. The molecule has 1 aromatic heterocycles. The van der Waals surface area contributed by atoms with Crippen LogP contribution in [-0.2, 0) is 13.0 Å². The minimum absolute atomic E-state index is 0.437. The summed E-state index contributed by atoms with van der Waals surface area (Å²) in [5, 5.41) is 25.1. The van der Waals surface area contributed by atoms with Crippen molar-refractivity contribution in [2.24, 2.45) is 0 Å². The van der Waals surface area contributed by atoms with E-state index in [-0.39, 0.29) is 0 Å². The third kappa shape index (κ3) is 3.87. The van der Waals surface area contributed by atoms with Crippen molar-refractivity contribution >= 4 is 0 Å². The molecule has 0 radical (unpaired) electrons. The standard InChI is InChI=1S/C23H27N3O2/c1-16-11-19-14-25(15-23(2,3)28)22(27)21(19)13-18(16)12-17-5-7-20(8-6-17)26-10-4-9-24-26/h4-11,13,22,27-28H,12,14-15H2,1-3H3.